The maximum absolute atomic E-state index is 9.33. The Morgan fingerprint density at radius 3 is 2.69 bits per heavy atom. The van der Waals surface area contributed by atoms with Crippen LogP contribution in [0, 0.1) is 0 Å². The van der Waals surface area contributed by atoms with Crippen LogP contribution in [0.25, 0.3) is 0 Å². The average Bonchev–Trinajstić information content (AvgIpc) is 2.09. The minimum atomic E-state index is -1.13. The molecule has 0 radical (unpaired) electrons. The quantitative estimate of drug-likeness (QED) is 0.403. The molecule has 1 rings (SSSR count). The second kappa shape index (κ2) is 4.85. The minimum absolute atomic E-state index is 0.0103. The standard InChI is InChI=1S/C7H15NO5/c8-1-2-12-7-6(11)4(9)3-5(10)13-7/h4-7,9-11H,1-3,8H2. The fourth-order valence-corrected chi connectivity index (χ4v) is 1.14. The maximum atomic E-state index is 9.33. The number of aliphatic hydroxyl groups is 3. The molecule has 1 aliphatic rings. The highest BCUT2D eigenvalue weighted by Gasteiger charge is 2.36. The van der Waals surface area contributed by atoms with E-state index in [1.807, 2.05) is 0 Å². The summed E-state index contributed by atoms with van der Waals surface area (Å²) in [7, 11) is 0. The Balaban J connectivity index is 2.41. The summed E-state index contributed by atoms with van der Waals surface area (Å²) < 4.78 is 9.81. The lowest BCUT2D eigenvalue weighted by Gasteiger charge is -2.34. The van der Waals surface area contributed by atoms with Crippen LogP contribution in [-0.2, 0) is 9.47 Å². The van der Waals surface area contributed by atoms with Crippen LogP contribution in [0.2, 0.25) is 0 Å². The van der Waals surface area contributed by atoms with Crippen LogP contribution in [-0.4, -0.2) is 53.3 Å². The molecule has 5 N–H and O–H groups in total. The molecule has 0 aromatic carbocycles. The lowest BCUT2D eigenvalue weighted by atomic mass is 10.1. The van der Waals surface area contributed by atoms with E-state index in [0.717, 1.165) is 0 Å². The lowest BCUT2D eigenvalue weighted by Crippen LogP contribution is -2.49. The zero-order valence-electron chi connectivity index (χ0n) is 7.17. The Bertz CT molecular complexity index is 156. The second-order valence-electron chi connectivity index (χ2n) is 2.91. The predicted molar refractivity (Wildman–Crippen MR) is 42.5 cm³/mol. The molecule has 1 saturated heterocycles. The molecule has 13 heavy (non-hydrogen) atoms. The number of hydrogen-bond acceptors (Lipinski definition) is 6. The summed E-state index contributed by atoms with van der Waals surface area (Å²) in [6, 6.07) is 0. The number of ether oxygens (including phenoxy) is 2. The molecule has 0 aliphatic carbocycles. The van der Waals surface area contributed by atoms with Crippen molar-refractivity contribution in [2.75, 3.05) is 13.2 Å². The first-order valence-corrected chi connectivity index (χ1v) is 4.16. The molecule has 0 spiro atoms. The van der Waals surface area contributed by atoms with Gasteiger partial charge in [-0.1, -0.05) is 0 Å². The highest BCUT2D eigenvalue weighted by molar-refractivity contribution is 4.77. The Morgan fingerprint density at radius 1 is 1.38 bits per heavy atom. The van der Waals surface area contributed by atoms with Crippen LogP contribution in [0.4, 0.5) is 0 Å². The van der Waals surface area contributed by atoms with Gasteiger partial charge in [0.1, 0.15) is 6.10 Å². The SMILES string of the molecule is NCCOC1OC(O)CC(O)C1O. The number of aliphatic hydroxyl groups excluding tert-OH is 3. The molecule has 1 fully saturated rings. The van der Waals surface area contributed by atoms with Gasteiger partial charge in [-0.15, -0.1) is 0 Å². The summed E-state index contributed by atoms with van der Waals surface area (Å²) in [6.07, 6.45) is -4.26. The summed E-state index contributed by atoms with van der Waals surface area (Å²) in [4.78, 5) is 0. The summed E-state index contributed by atoms with van der Waals surface area (Å²) in [5.41, 5.74) is 5.17. The third-order valence-electron chi connectivity index (χ3n) is 1.81. The van der Waals surface area contributed by atoms with Crippen molar-refractivity contribution < 1.29 is 24.8 Å². The molecule has 1 heterocycles. The van der Waals surface area contributed by atoms with Crippen molar-refractivity contribution in [3.63, 3.8) is 0 Å². The third kappa shape index (κ3) is 2.87. The van der Waals surface area contributed by atoms with Gasteiger partial charge in [0, 0.05) is 13.0 Å². The first-order valence-electron chi connectivity index (χ1n) is 4.16. The monoisotopic (exact) mass is 193 g/mol. The van der Waals surface area contributed by atoms with Gasteiger partial charge in [0.15, 0.2) is 12.6 Å². The van der Waals surface area contributed by atoms with Gasteiger partial charge in [-0.25, -0.2) is 0 Å². The smallest absolute Gasteiger partial charge is 0.189 e. The normalized spacial score (nSPS) is 40.6. The first kappa shape index (κ1) is 10.8. The van der Waals surface area contributed by atoms with Crippen LogP contribution < -0.4 is 5.73 Å². The van der Waals surface area contributed by atoms with Crippen molar-refractivity contribution in [3.8, 4) is 0 Å². The molecular formula is C7H15NO5. The summed E-state index contributed by atoms with van der Waals surface area (Å²) in [5, 5.41) is 27.6. The zero-order valence-corrected chi connectivity index (χ0v) is 7.17. The molecular weight excluding hydrogens is 178 g/mol. The molecule has 0 amide bonds. The van der Waals surface area contributed by atoms with E-state index in [1.54, 1.807) is 0 Å². The van der Waals surface area contributed by atoms with Gasteiger partial charge in [-0.2, -0.15) is 0 Å². The van der Waals surface area contributed by atoms with Crippen molar-refractivity contribution in [3.05, 3.63) is 0 Å². The van der Waals surface area contributed by atoms with Crippen LogP contribution in [0.3, 0.4) is 0 Å². The second-order valence-corrected chi connectivity index (χ2v) is 2.91. The number of rotatable bonds is 3. The van der Waals surface area contributed by atoms with Crippen LogP contribution in [0.1, 0.15) is 6.42 Å². The summed E-state index contributed by atoms with van der Waals surface area (Å²) in [5.74, 6) is 0. The molecule has 0 saturated carbocycles. The predicted octanol–water partition coefficient (Wildman–Crippen LogP) is -2.25. The van der Waals surface area contributed by atoms with E-state index in [1.165, 1.54) is 0 Å². The van der Waals surface area contributed by atoms with E-state index in [0.29, 0.717) is 6.54 Å². The van der Waals surface area contributed by atoms with E-state index in [9.17, 15) is 10.2 Å². The van der Waals surface area contributed by atoms with Crippen LogP contribution in [0.5, 0.6) is 0 Å². The Labute approximate surface area is 75.9 Å². The van der Waals surface area contributed by atoms with Gasteiger partial charge >= 0.3 is 0 Å². The Morgan fingerprint density at radius 2 is 2.08 bits per heavy atom. The van der Waals surface area contributed by atoms with Crippen molar-refractivity contribution in [1.82, 2.24) is 0 Å². The third-order valence-corrected chi connectivity index (χ3v) is 1.81. The fraction of sp³-hybridized carbons (Fsp3) is 1.00. The Kier molecular flexibility index (Phi) is 4.04. The van der Waals surface area contributed by atoms with E-state index in [-0.39, 0.29) is 13.0 Å². The first-order chi connectivity index (χ1) is 6.15. The Hall–Kier alpha value is -0.240. The summed E-state index contributed by atoms with van der Waals surface area (Å²) in [6.45, 7) is 0.500. The van der Waals surface area contributed by atoms with E-state index >= 15 is 0 Å². The fourth-order valence-electron chi connectivity index (χ4n) is 1.14. The molecule has 0 aromatic rings. The largest absolute Gasteiger partial charge is 0.390 e. The van der Waals surface area contributed by atoms with Gasteiger partial charge in [0.2, 0.25) is 0 Å². The number of nitrogens with two attached hydrogens (primary N) is 1. The molecule has 4 unspecified atom stereocenters. The topological polar surface area (TPSA) is 105 Å². The molecule has 0 aromatic heterocycles. The van der Waals surface area contributed by atoms with E-state index in [2.05, 4.69) is 0 Å². The van der Waals surface area contributed by atoms with Gasteiger partial charge in [0.25, 0.3) is 0 Å². The molecule has 6 nitrogen and oxygen atoms in total. The minimum Gasteiger partial charge on any atom is -0.390 e. The van der Waals surface area contributed by atoms with Gasteiger partial charge in [-0.3, -0.25) is 0 Å². The highest BCUT2D eigenvalue weighted by atomic mass is 16.7. The van der Waals surface area contributed by atoms with E-state index in [4.69, 9.17) is 20.3 Å². The van der Waals surface area contributed by atoms with Gasteiger partial charge < -0.3 is 30.5 Å². The molecule has 78 valence electrons. The van der Waals surface area contributed by atoms with Gasteiger partial charge in [0.05, 0.1) is 12.7 Å². The van der Waals surface area contributed by atoms with Crippen molar-refractivity contribution >= 4 is 0 Å². The van der Waals surface area contributed by atoms with Crippen molar-refractivity contribution in [1.29, 1.82) is 0 Å². The lowest BCUT2D eigenvalue weighted by molar-refractivity contribution is -0.307. The van der Waals surface area contributed by atoms with E-state index < -0.39 is 24.8 Å². The van der Waals surface area contributed by atoms with Crippen LogP contribution >= 0.6 is 0 Å². The van der Waals surface area contributed by atoms with Crippen molar-refractivity contribution in [2.45, 2.75) is 31.2 Å². The van der Waals surface area contributed by atoms with Crippen molar-refractivity contribution in [2.24, 2.45) is 5.73 Å². The summed E-state index contributed by atoms with van der Waals surface area (Å²) >= 11 is 0. The molecule has 6 heteroatoms. The van der Waals surface area contributed by atoms with Gasteiger partial charge in [-0.05, 0) is 0 Å². The molecule has 1 aliphatic heterocycles. The van der Waals surface area contributed by atoms with Crippen LogP contribution in [0.15, 0.2) is 0 Å². The molecule has 0 bridgehead atoms. The average molecular weight is 193 g/mol. The maximum Gasteiger partial charge on any atom is 0.189 e. The number of hydrogen-bond donors (Lipinski definition) is 4. The highest BCUT2D eigenvalue weighted by Crippen LogP contribution is 2.19. The zero-order chi connectivity index (χ0) is 9.84. The molecule has 4 atom stereocenters.